The van der Waals surface area contributed by atoms with Gasteiger partial charge in [0.25, 0.3) is 5.91 Å². The lowest BCUT2D eigenvalue weighted by atomic mass is 10.1. The number of rotatable bonds is 9. The van der Waals surface area contributed by atoms with Crippen molar-refractivity contribution in [2.75, 3.05) is 12.4 Å². The smallest absolute Gasteiger partial charge is 0.349 e. The van der Waals surface area contributed by atoms with E-state index in [-0.39, 0.29) is 16.8 Å². The Hall–Kier alpha value is -4.66. The minimum absolute atomic E-state index is 0.0788. The molecule has 2 atom stereocenters. The molecule has 0 saturated carbocycles. The first-order valence-electron chi connectivity index (χ1n) is 10.9. The summed E-state index contributed by atoms with van der Waals surface area (Å²) in [5, 5.41) is 12.4. The second kappa shape index (κ2) is 11.7. The lowest BCUT2D eigenvalue weighted by Gasteiger charge is -2.24. The van der Waals surface area contributed by atoms with Gasteiger partial charge >= 0.3 is 17.9 Å². The Kier molecular flexibility index (Phi) is 8.40. The molecule has 0 aromatic heterocycles. The molecule has 36 heavy (non-hydrogen) atoms. The number of carboxylic acid groups (broad SMARTS) is 1. The van der Waals surface area contributed by atoms with Crippen molar-refractivity contribution in [1.82, 2.24) is 0 Å². The average molecular weight is 491 g/mol. The van der Waals surface area contributed by atoms with Gasteiger partial charge in [-0.2, -0.15) is 0 Å². The summed E-state index contributed by atoms with van der Waals surface area (Å²) in [6.45, 7) is 3.50. The molecule has 0 fully saturated rings. The van der Waals surface area contributed by atoms with Gasteiger partial charge in [-0.05, 0) is 50.2 Å². The first-order valence-corrected chi connectivity index (χ1v) is 10.9. The van der Waals surface area contributed by atoms with Crippen LogP contribution in [0.5, 0.6) is 5.75 Å². The van der Waals surface area contributed by atoms with Crippen LogP contribution in [0.3, 0.4) is 0 Å². The number of hydrogen-bond acceptors (Lipinski definition) is 7. The van der Waals surface area contributed by atoms with Gasteiger partial charge in [-0.25, -0.2) is 14.4 Å². The topological polar surface area (TPSA) is 128 Å². The quantitative estimate of drug-likeness (QED) is 0.433. The Labute approximate surface area is 207 Å². The summed E-state index contributed by atoms with van der Waals surface area (Å²) >= 11 is 0. The highest BCUT2D eigenvalue weighted by Gasteiger charge is 2.41. The molecule has 0 radical (unpaired) electrons. The van der Waals surface area contributed by atoms with Crippen LogP contribution in [0.4, 0.5) is 5.69 Å². The predicted octanol–water partition coefficient (Wildman–Crippen LogP) is 3.79. The van der Waals surface area contributed by atoms with Crippen LogP contribution in [0, 0.1) is 13.8 Å². The zero-order valence-electron chi connectivity index (χ0n) is 19.9. The average Bonchev–Trinajstić information content (AvgIpc) is 2.86. The van der Waals surface area contributed by atoms with E-state index < -0.39 is 36.0 Å². The molecule has 0 aliphatic carbocycles. The SMILES string of the molecule is COc1ccccc1NC(=O)[C@H](OC(=O)c1cccc(C)c1)[C@H](OC(=O)c1cccc(C)c1)C(=O)O. The standard InChI is InChI=1S/C27H25NO8/c1-16-8-6-10-18(14-16)26(32)35-22(24(29)28-20-12-4-5-13-21(20)34-3)23(25(30)31)36-27(33)19-11-7-9-17(2)15-19/h4-15,22-23H,1-3H3,(H,28,29)(H,30,31)/t22-,23+/m1/s1. The van der Waals surface area contributed by atoms with Crippen LogP contribution in [0.25, 0.3) is 0 Å². The first kappa shape index (κ1) is 26.0. The van der Waals surface area contributed by atoms with E-state index in [0.717, 1.165) is 11.1 Å². The van der Waals surface area contributed by atoms with E-state index in [0.29, 0.717) is 5.75 Å². The Bertz CT molecular complexity index is 1290. The fraction of sp³-hybridized carbons (Fsp3) is 0.185. The van der Waals surface area contributed by atoms with Crippen LogP contribution in [-0.2, 0) is 19.1 Å². The van der Waals surface area contributed by atoms with Gasteiger partial charge in [0, 0.05) is 0 Å². The van der Waals surface area contributed by atoms with E-state index in [4.69, 9.17) is 14.2 Å². The number of aliphatic carboxylic acids is 1. The molecule has 0 aliphatic rings. The molecule has 3 rings (SSSR count). The molecule has 0 heterocycles. The number of hydrogen-bond donors (Lipinski definition) is 2. The normalized spacial score (nSPS) is 12.1. The second-order valence-electron chi connectivity index (χ2n) is 7.92. The molecule has 186 valence electrons. The number of carboxylic acids is 1. The fourth-order valence-electron chi connectivity index (χ4n) is 3.36. The summed E-state index contributed by atoms with van der Waals surface area (Å²) in [5.74, 6) is -4.36. The molecular weight excluding hydrogens is 466 g/mol. The number of benzene rings is 3. The Balaban J connectivity index is 1.95. The number of methoxy groups -OCH3 is 1. The van der Waals surface area contributed by atoms with Crippen molar-refractivity contribution in [3.05, 3.63) is 95.1 Å². The number of esters is 2. The van der Waals surface area contributed by atoms with E-state index in [1.54, 1.807) is 56.3 Å². The van der Waals surface area contributed by atoms with Crippen molar-refractivity contribution in [2.45, 2.75) is 26.1 Å². The van der Waals surface area contributed by atoms with Crippen molar-refractivity contribution in [1.29, 1.82) is 0 Å². The summed E-state index contributed by atoms with van der Waals surface area (Å²) in [6, 6.07) is 19.0. The fourth-order valence-corrected chi connectivity index (χ4v) is 3.36. The Morgan fingerprint density at radius 3 is 1.78 bits per heavy atom. The highest BCUT2D eigenvalue weighted by Crippen LogP contribution is 2.24. The number of carbonyl (C=O) groups excluding carboxylic acids is 3. The largest absolute Gasteiger partial charge is 0.495 e. The summed E-state index contributed by atoms with van der Waals surface area (Å²) < 4.78 is 15.7. The molecular formula is C27H25NO8. The number of amides is 1. The molecule has 2 N–H and O–H groups in total. The maximum atomic E-state index is 13.2. The Morgan fingerprint density at radius 1 is 0.750 bits per heavy atom. The van der Waals surface area contributed by atoms with Crippen LogP contribution in [0.15, 0.2) is 72.8 Å². The molecule has 9 heteroatoms. The van der Waals surface area contributed by atoms with Gasteiger partial charge in [-0.15, -0.1) is 0 Å². The van der Waals surface area contributed by atoms with Gasteiger partial charge in [0.15, 0.2) is 0 Å². The summed E-state index contributed by atoms with van der Waals surface area (Å²) in [7, 11) is 1.39. The molecule has 0 unspecified atom stereocenters. The van der Waals surface area contributed by atoms with Crippen LogP contribution < -0.4 is 10.1 Å². The van der Waals surface area contributed by atoms with Gasteiger partial charge < -0.3 is 24.6 Å². The van der Waals surface area contributed by atoms with E-state index in [9.17, 15) is 24.3 Å². The molecule has 0 saturated heterocycles. The lowest BCUT2D eigenvalue weighted by Crippen LogP contribution is -2.48. The van der Waals surface area contributed by atoms with E-state index >= 15 is 0 Å². The van der Waals surface area contributed by atoms with Gasteiger partial charge in [0.1, 0.15) is 5.75 Å². The molecule has 3 aromatic carbocycles. The third kappa shape index (κ3) is 6.47. The maximum absolute atomic E-state index is 13.2. The maximum Gasteiger partial charge on any atom is 0.349 e. The predicted molar refractivity (Wildman–Crippen MR) is 130 cm³/mol. The zero-order valence-corrected chi connectivity index (χ0v) is 19.9. The molecule has 0 spiro atoms. The highest BCUT2D eigenvalue weighted by atomic mass is 16.6. The molecule has 3 aromatic rings. The van der Waals surface area contributed by atoms with Crippen LogP contribution >= 0.6 is 0 Å². The molecule has 0 aliphatic heterocycles. The first-order chi connectivity index (χ1) is 17.2. The minimum Gasteiger partial charge on any atom is -0.495 e. The monoisotopic (exact) mass is 491 g/mol. The molecule has 0 bridgehead atoms. The van der Waals surface area contributed by atoms with Gasteiger partial charge in [-0.3, -0.25) is 4.79 Å². The second-order valence-corrected chi connectivity index (χ2v) is 7.92. The van der Waals surface area contributed by atoms with E-state index in [1.807, 2.05) is 0 Å². The summed E-state index contributed by atoms with van der Waals surface area (Å²) in [4.78, 5) is 51.0. The third-order valence-electron chi connectivity index (χ3n) is 5.12. The van der Waals surface area contributed by atoms with Crippen molar-refractivity contribution >= 4 is 29.5 Å². The van der Waals surface area contributed by atoms with Crippen LogP contribution in [0.1, 0.15) is 31.8 Å². The van der Waals surface area contributed by atoms with Gasteiger partial charge in [-0.1, -0.05) is 47.5 Å². The van der Waals surface area contributed by atoms with Crippen molar-refractivity contribution in [2.24, 2.45) is 0 Å². The number of anilines is 1. The van der Waals surface area contributed by atoms with Crippen LogP contribution in [0.2, 0.25) is 0 Å². The third-order valence-corrected chi connectivity index (χ3v) is 5.12. The van der Waals surface area contributed by atoms with Crippen LogP contribution in [-0.4, -0.2) is 48.2 Å². The van der Waals surface area contributed by atoms with Crippen molar-refractivity contribution in [3.8, 4) is 5.75 Å². The number of carbonyl (C=O) groups is 4. The van der Waals surface area contributed by atoms with Gasteiger partial charge in [0.2, 0.25) is 12.2 Å². The van der Waals surface area contributed by atoms with Crippen molar-refractivity contribution < 1.29 is 38.5 Å². The van der Waals surface area contributed by atoms with Gasteiger partial charge in [0.05, 0.1) is 23.9 Å². The number of aryl methyl sites for hydroxylation is 2. The Morgan fingerprint density at radius 2 is 1.28 bits per heavy atom. The van der Waals surface area contributed by atoms with E-state index in [2.05, 4.69) is 5.32 Å². The summed E-state index contributed by atoms with van der Waals surface area (Å²) in [5.41, 5.74) is 1.87. The highest BCUT2D eigenvalue weighted by molar-refractivity contribution is 6.02. The minimum atomic E-state index is -2.14. The zero-order chi connectivity index (χ0) is 26.2. The lowest BCUT2D eigenvalue weighted by molar-refractivity contribution is -0.157. The number of para-hydroxylation sites is 2. The van der Waals surface area contributed by atoms with Crippen molar-refractivity contribution in [3.63, 3.8) is 0 Å². The number of ether oxygens (including phenoxy) is 3. The van der Waals surface area contributed by atoms with E-state index in [1.165, 1.54) is 37.4 Å². The summed E-state index contributed by atoms with van der Waals surface area (Å²) in [6.07, 6.45) is -4.16. The molecule has 9 nitrogen and oxygen atoms in total. The number of nitrogens with one attached hydrogen (secondary N) is 1. The molecule has 1 amide bonds.